The molecule has 1 aromatic rings. The molecule has 94 valence electrons. The van der Waals surface area contributed by atoms with E-state index in [1.54, 1.807) is 13.0 Å². The zero-order chi connectivity index (χ0) is 13.0. The molecular weight excluding hydrogens is 245 g/mol. The smallest absolute Gasteiger partial charge is 0.320 e. The number of aryl methyl sites for hydroxylation is 2. The highest BCUT2D eigenvalue weighted by atomic mass is 35.5. The van der Waals surface area contributed by atoms with Crippen LogP contribution in [0.4, 0.5) is 4.39 Å². The Morgan fingerprint density at radius 3 is 2.82 bits per heavy atom. The molecule has 0 bridgehead atoms. The lowest BCUT2D eigenvalue weighted by atomic mass is 10.0. The summed E-state index contributed by atoms with van der Waals surface area (Å²) in [7, 11) is 0. The quantitative estimate of drug-likeness (QED) is 0.854. The van der Waals surface area contributed by atoms with Crippen molar-refractivity contribution in [3.63, 3.8) is 0 Å². The number of halogens is 2. The number of carboxylic acids is 1. The Kier molecular flexibility index (Phi) is 4.90. The van der Waals surface area contributed by atoms with E-state index < -0.39 is 12.0 Å². The van der Waals surface area contributed by atoms with Gasteiger partial charge in [-0.3, -0.25) is 4.79 Å². The van der Waals surface area contributed by atoms with Crippen LogP contribution in [0.1, 0.15) is 24.0 Å². The Morgan fingerprint density at radius 1 is 1.59 bits per heavy atom. The molecule has 0 aliphatic heterocycles. The number of hydrogen-bond acceptors (Lipinski definition) is 2. The van der Waals surface area contributed by atoms with Crippen LogP contribution in [0.2, 0.25) is 5.02 Å². The van der Waals surface area contributed by atoms with Gasteiger partial charge in [0.1, 0.15) is 11.9 Å². The first-order valence-corrected chi connectivity index (χ1v) is 5.72. The molecule has 1 unspecified atom stereocenters. The zero-order valence-corrected chi connectivity index (χ0v) is 10.3. The van der Waals surface area contributed by atoms with Gasteiger partial charge in [-0.1, -0.05) is 11.6 Å². The van der Waals surface area contributed by atoms with E-state index in [9.17, 15) is 9.18 Å². The molecule has 0 saturated carbocycles. The average molecular weight is 260 g/mol. The lowest BCUT2D eigenvalue weighted by Gasteiger charge is -2.08. The van der Waals surface area contributed by atoms with E-state index in [1.165, 1.54) is 6.07 Å². The van der Waals surface area contributed by atoms with Crippen molar-refractivity contribution >= 4 is 17.6 Å². The number of benzene rings is 1. The molecule has 0 spiro atoms. The van der Waals surface area contributed by atoms with Crippen LogP contribution in [0.3, 0.4) is 0 Å². The molecule has 0 radical (unpaired) electrons. The van der Waals surface area contributed by atoms with Gasteiger partial charge in [0.15, 0.2) is 0 Å². The van der Waals surface area contributed by atoms with Crippen molar-refractivity contribution in [2.75, 3.05) is 0 Å². The Hall–Kier alpha value is -1.13. The Labute approximate surface area is 104 Å². The summed E-state index contributed by atoms with van der Waals surface area (Å²) < 4.78 is 13.3. The highest BCUT2D eigenvalue weighted by molar-refractivity contribution is 6.31. The van der Waals surface area contributed by atoms with Crippen LogP contribution >= 0.6 is 11.6 Å². The van der Waals surface area contributed by atoms with Crippen LogP contribution in [0.5, 0.6) is 0 Å². The molecule has 0 fully saturated rings. The lowest BCUT2D eigenvalue weighted by Crippen LogP contribution is -2.29. The first-order valence-electron chi connectivity index (χ1n) is 5.34. The topological polar surface area (TPSA) is 63.3 Å². The Balaban J connectivity index is 2.58. The second-order valence-electron chi connectivity index (χ2n) is 4.03. The molecule has 3 nitrogen and oxygen atoms in total. The fraction of sp³-hybridized carbons (Fsp3) is 0.417. The number of rotatable bonds is 5. The molecular formula is C12H15ClFNO2. The second-order valence-corrected chi connectivity index (χ2v) is 4.44. The van der Waals surface area contributed by atoms with Gasteiger partial charge < -0.3 is 10.8 Å². The monoisotopic (exact) mass is 259 g/mol. The summed E-state index contributed by atoms with van der Waals surface area (Å²) in [5.74, 6) is -1.32. The highest BCUT2D eigenvalue weighted by Gasteiger charge is 2.11. The van der Waals surface area contributed by atoms with Crippen LogP contribution < -0.4 is 5.73 Å². The third-order valence-corrected chi connectivity index (χ3v) is 2.96. The standard InChI is InChI=1S/C12H15ClFNO2/c1-7-5-9(13)8(6-10(7)14)3-2-4-11(15)12(16)17/h5-6,11H,2-4,15H2,1H3,(H,16,17). The minimum atomic E-state index is -1.02. The third kappa shape index (κ3) is 3.98. The van der Waals surface area contributed by atoms with E-state index >= 15 is 0 Å². The van der Waals surface area contributed by atoms with Crippen LogP contribution in [0.25, 0.3) is 0 Å². The average Bonchev–Trinajstić information content (AvgIpc) is 2.25. The molecule has 0 aromatic heterocycles. The largest absolute Gasteiger partial charge is 0.480 e. The van der Waals surface area contributed by atoms with Crippen LogP contribution in [-0.4, -0.2) is 17.1 Å². The van der Waals surface area contributed by atoms with Gasteiger partial charge in [-0.2, -0.15) is 0 Å². The summed E-state index contributed by atoms with van der Waals surface area (Å²) in [5, 5.41) is 9.11. The summed E-state index contributed by atoms with van der Waals surface area (Å²) in [4.78, 5) is 10.5. The first kappa shape index (κ1) is 13.9. The maximum Gasteiger partial charge on any atom is 0.320 e. The van der Waals surface area contributed by atoms with Gasteiger partial charge in [0, 0.05) is 5.02 Å². The molecule has 0 saturated heterocycles. The number of nitrogens with two attached hydrogens (primary N) is 1. The highest BCUT2D eigenvalue weighted by Crippen LogP contribution is 2.22. The molecule has 0 heterocycles. The third-order valence-electron chi connectivity index (χ3n) is 2.61. The van der Waals surface area contributed by atoms with Crippen molar-refractivity contribution in [3.8, 4) is 0 Å². The van der Waals surface area contributed by atoms with Crippen molar-refractivity contribution in [2.45, 2.75) is 32.2 Å². The lowest BCUT2D eigenvalue weighted by molar-refractivity contribution is -0.138. The van der Waals surface area contributed by atoms with E-state index in [-0.39, 0.29) is 5.82 Å². The SMILES string of the molecule is Cc1cc(Cl)c(CCCC(N)C(=O)O)cc1F. The molecule has 1 rings (SSSR count). The molecule has 5 heteroatoms. The summed E-state index contributed by atoms with van der Waals surface area (Å²) in [6.45, 7) is 1.64. The van der Waals surface area contributed by atoms with Crippen LogP contribution in [0.15, 0.2) is 12.1 Å². The second kappa shape index (κ2) is 5.98. The van der Waals surface area contributed by atoms with Gasteiger partial charge in [-0.15, -0.1) is 0 Å². The number of hydrogen-bond donors (Lipinski definition) is 2. The fourth-order valence-electron chi connectivity index (χ4n) is 1.51. The number of aliphatic carboxylic acids is 1. The van der Waals surface area contributed by atoms with Gasteiger partial charge in [0.25, 0.3) is 0 Å². The van der Waals surface area contributed by atoms with Gasteiger partial charge in [0.2, 0.25) is 0 Å². The summed E-state index contributed by atoms with van der Waals surface area (Å²) in [6.07, 6.45) is 1.44. The van der Waals surface area contributed by atoms with Crippen molar-refractivity contribution in [2.24, 2.45) is 5.73 Å². The van der Waals surface area contributed by atoms with Gasteiger partial charge >= 0.3 is 5.97 Å². The van der Waals surface area contributed by atoms with E-state index in [2.05, 4.69) is 0 Å². The van der Waals surface area contributed by atoms with E-state index in [0.29, 0.717) is 35.4 Å². The molecule has 17 heavy (non-hydrogen) atoms. The van der Waals surface area contributed by atoms with E-state index in [1.807, 2.05) is 0 Å². The molecule has 0 aliphatic rings. The van der Waals surface area contributed by atoms with E-state index in [0.717, 1.165) is 0 Å². The van der Waals surface area contributed by atoms with Crippen molar-refractivity contribution in [1.82, 2.24) is 0 Å². The number of carbonyl (C=O) groups is 1. The van der Waals surface area contributed by atoms with Crippen molar-refractivity contribution < 1.29 is 14.3 Å². The zero-order valence-electron chi connectivity index (χ0n) is 9.54. The maximum absolute atomic E-state index is 13.3. The predicted molar refractivity (Wildman–Crippen MR) is 64.7 cm³/mol. The fourth-order valence-corrected chi connectivity index (χ4v) is 1.83. The Morgan fingerprint density at radius 2 is 2.24 bits per heavy atom. The molecule has 3 N–H and O–H groups in total. The molecule has 0 amide bonds. The van der Waals surface area contributed by atoms with Gasteiger partial charge in [0.05, 0.1) is 0 Å². The van der Waals surface area contributed by atoms with Crippen LogP contribution in [-0.2, 0) is 11.2 Å². The number of carboxylic acid groups (broad SMARTS) is 1. The first-order chi connectivity index (χ1) is 7.91. The minimum absolute atomic E-state index is 0.299. The molecule has 1 aromatic carbocycles. The summed E-state index contributed by atoms with van der Waals surface area (Å²) >= 11 is 5.97. The Bertz CT molecular complexity index is 423. The van der Waals surface area contributed by atoms with Gasteiger partial charge in [-0.25, -0.2) is 4.39 Å². The minimum Gasteiger partial charge on any atom is -0.480 e. The summed E-state index contributed by atoms with van der Waals surface area (Å²) in [5.41, 5.74) is 6.55. The molecule has 0 aliphatic carbocycles. The predicted octanol–water partition coefficient (Wildman–Crippen LogP) is 2.52. The van der Waals surface area contributed by atoms with Crippen molar-refractivity contribution in [1.29, 1.82) is 0 Å². The van der Waals surface area contributed by atoms with Crippen LogP contribution in [0, 0.1) is 12.7 Å². The van der Waals surface area contributed by atoms with Crippen molar-refractivity contribution in [3.05, 3.63) is 34.1 Å². The summed E-state index contributed by atoms with van der Waals surface area (Å²) in [6, 6.07) is 2.09. The maximum atomic E-state index is 13.3. The van der Waals surface area contributed by atoms with Gasteiger partial charge in [-0.05, 0) is 49.4 Å². The normalized spacial score (nSPS) is 12.5. The van der Waals surface area contributed by atoms with E-state index in [4.69, 9.17) is 22.4 Å². The molecule has 1 atom stereocenters.